The fourth-order valence-corrected chi connectivity index (χ4v) is 2.89. The van der Waals surface area contributed by atoms with Gasteiger partial charge in [0.15, 0.2) is 0 Å². The van der Waals surface area contributed by atoms with Gasteiger partial charge in [0.25, 0.3) is 0 Å². The molecule has 0 radical (unpaired) electrons. The standard InChI is InChI=1S/C21H21N3/c1-14-13-17(7-12-20(14)24-2)21(15-3-8-18(22)9-4-15)16-5-10-19(23)11-6-16/h3-13,22,24H,23H2,1-2H3. The molecule has 2 aromatic carbocycles. The SMILES string of the molecule is CNc1ccc(C(=C2C=CC(=N)C=C2)c2ccc(N)cc2)cc1C. The van der Waals surface area contributed by atoms with Crippen molar-refractivity contribution in [1.29, 1.82) is 5.41 Å². The topological polar surface area (TPSA) is 61.9 Å². The third-order valence-corrected chi connectivity index (χ3v) is 4.16. The van der Waals surface area contributed by atoms with Crippen LogP contribution in [0.5, 0.6) is 0 Å². The van der Waals surface area contributed by atoms with Gasteiger partial charge in [-0.25, -0.2) is 0 Å². The van der Waals surface area contributed by atoms with Gasteiger partial charge in [0.1, 0.15) is 0 Å². The average molecular weight is 315 g/mol. The Hall–Kier alpha value is -3.07. The zero-order chi connectivity index (χ0) is 17.1. The third-order valence-electron chi connectivity index (χ3n) is 4.16. The summed E-state index contributed by atoms with van der Waals surface area (Å²) in [7, 11) is 1.93. The van der Waals surface area contributed by atoms with Crippen LogP contribution < -0.4 is 11.1 Å². The van der Waals surface area contributed by atoms with Crippen LogP contribution in [0.3, 0.4) is 0 Å². The molecule has 3 rings (SSSR count). The molecule has 0 saturated heterocycles. The van der Waals surface area contributed by atoms with Crippen molar-refractivity contribution < 1.29 is 0 Å². The number of anilines is 2. The largest absolute Gasteiger partial charge is 0.399 e. The van der Waals surface area contributed by atoms with Crippen LogP contribution in [0.2, 0.25) is 0 Å². The van der Waals surface area contributed by atoms with Gasteiger partial charge in [-0.15, -0.1) is 0 Å². The van der Waals surface area contributed by atoms with Crippen molar-refractivity contribution in [3.8, 4) is 0 Å². The minimum Gasteiger partial charge on any atom is -0.399 e. The lowest BCUT2D eigenvalue weighted by Gasteiger charge is -2.16. The molecule has 0 aliphatic heterocycles. The van der Waals surface area contributed by atoms with E-state index in [1.807, 2.05) is 55.6 Å². The maximum absolute atomic E-state index is 7.72. The Bertz CT molecular complexity index is 850. The molecule has 0 unspecified atom stereocenters. The van der Waals surface area contributed by atoms with Gasteiger partial charge in [0, 0.05) is 18.4 Å². The smallest absolute Gasteiger partial charge is 0.0540 e. The monoisotopic (exact) mass is 315 g/mol. The van der Waals surface area contributed by atoms with E-state index in [2.05, 4.69) is 30.4 Å². The van der Waals surface area contributed by atoms with Gasteiger partial charge in [-0.2, -0.15) is 0 Å². The molecule has 3 heteroatoms. The molecule has 0 aromatic heterocycles. The average Bonchev–Trinajstić information content (AvgIpc) is 2.59. The Kier molecular flexibility index (Phi) is 4.34. The summed E-state index contributed by atoms with van der Waals surface area (Å²) in [6, 6.07) is 14.3. The molecule has 24 heavy (non-hydrogen) atoms. The first kappa shape index (κ1) is 15.8. The van der Waals surface area contributed by atoms with Crippen LogP contribution in [0, 0.1) is 12.3 Å². The molecule has 0 atom stereocenters. The lowest BCUT2D eigenvalue weighted by atomic mass is 9.90. The van der Waals surface area contributed by atoms with Crippen LogP contribution in [-0.4, -0.2) is 12.8 Å². The number of nitrogen functional groups attached to an aromatic ring is 1. The molecule has 4 N–H and O–H groups in total. The number of nitrogens with two attached hydrogens (primary N) is 1. The van der Waals surface area contributed by atoms with Crippen LogP contribution in [-0.2, 0) is 0 Å². The molecule has 0 bridgehead atoms. The summed E-state index contributed by atoms with van der Waals surface area (Å²) < 4.78 is 0. The van der Waals surface area contributed by atoms with E-state index in [9.17, 15) is 0 Å². The summed E-state index contributed by atoms with van der Waals surface area (Å²) in [5, 5.41) is 10.9. The molecule has 0 amide bonds. The number of hydrogen-bond acceptors (Lipinski definition) is 3. The number of benzene rings is 2. The molecule has 0 fully saturated rings. The second-order valence-corrected chi connectivity index (χ2v) is 5.85. The van der Waals surface area contributed by atoms with Gasteiger partial charge in [-0.3, -0.25) is 0 Å². The first-order chi connectivity index (χ1) is 11.6. The Labute approximate surface area is 142 Å². The van der Waals surface area contributed by atoms with E-state index in [4.69, 9.17) is 11.1 Å². The highest BCUT2D eigenvalue weighted by Gasteiger charge is 2.12. The van der Waals surface area contributed by atoms with Gasteiger partial charge in [0.2, 0.25) is 0 Å². The first-order valence-electron chi connectivity index (χ1n) is 7.92. The molecule has 0 saturated carbocycles. The molecule has 1 aliphatic rings. The highest BCUT2D eigenvalue weighted by atomic mass is 14.8. The van der Waals surface area contributed by atoms with Gasteiger partial charge in [0.05, 0.1) is 5.71 Å². The molecule has 3 nitrogen and oxygen atoms in total. The Balaban J connectivity index is 2.19. The predicted molar refractivity (Wildman–Crippen MR) is 104 cm³/mol. The first-order valence-corrected chi connectivity index (χ1v) is 7.92. The van der Waals surface area contributed by atoms with E-state index < -0.39 is 0 Å². The van der Waals surface area contributed by atoms with Crippen molar-refractivity contribution in [3.05, 3.63) is 89.0 Å². The lowest BCUT2D eigenvalue weighted by molar-refractivity contribution is 1.38. The summed E-state index contributed by atoms with van der Waals surface area (Å²) in [5.41, 5.74) is 13.9. The summed E-state index contributed by atoms with van der Waals surface area (Å²) in [6.07, 6.45) is 7.63. The van der Waals surface area contributed by atoms with Gasteiger partial charge in [-0.1, -0.05) is 30.4 Å². The van der Waals surface area contributed by atoms with Crippen molar-refractivity contribution in [1.82, 2.24) is 0 Å². The van der Waals surface area contributed by atoms with Crippen molar-refractivity contribution >= 4 is 22.7 Å². The van der Waals surface area contributed by atoms with Gasteiger partial charge < -0.3 is 16.5 Å². The van der Waals surface area contributed by atoms with Crippen molar-refractivity contribution in [2.24, 2.45) is 0 Å². The van der Waals surface area contributed by atoms with Crippen LogP contribution in [0.4, 0.5) is 11.4 Å². The maximum atomic E-state index is 7.72. The van der Waals surface area contributed by atoms with E-state index in [0.29, 0.717) is 5.71 Å². The van der Waals surface area contributed by atoms with Gasteiger partial charge in [-0.05, 0) is 71.2 Å². The molecular weight excluding hydrogens is 294 g/mol. The molecule has 2 aromatic rings. The van der Waals surface area contributed by atoms with Gasteiger partial charge >= 0.3 is 0 Å². The van der Waals surface area contributed by atoms with Crippen molar-refractivity contribution in [3.63, 3.8) is 0 Å². The van der Waals surface area contributed by atoms with Crippen LogP contribution in [0.25, 0.3) is 5.57 Å². The summed E-state index contributed by atoms with van der Waals surface area (Å²) in [6.45, 7) is 2.10. The fraction of sp³-hybridized carbons (Fsp3) is 0.0952. The minimum atomic E-state index is 0.511. The zero-order valence-corrected chi connectivity index (χ0v) is 13.9. The number of hydrogen-bond donors (Lipinski definition) is 3. The quantitative estimate of drug-likeness (QED) is 0.727. The highest BCUT2D eigenvalue weighted by Crippen LogP contribution is 2.32. The molecule has 1 aliphatic carbocycles. The summed E-state index contributed by atoms with van der Waals surface area (Å²) in [5.74, 6) is 0. The molecule has 0 heterocycles. The predicted octanol–water partition coefficient (Wildman–Crippen LogP) is 4.57. The lowest BCUT2D eigenvalue weighted by Crippen LogP contribution is -1.99. The van der Waals surface area contributed by atoms with Crippen molar-refractivity contribution in [2.75, 3.05) is 18.1 Å². The molecular formula is C21H21N3. The third kappa shape index (κ3) is 3.15. The Morgan fingerprint density at radius 3 is 2.12 bits per heavy atom. The second kappa shape index (κ2) is 6.59. The number of allylic oxidation sites excluding steroid dienone is 5. The minimum absolute atomic E-state index is 0.511. The normalized spacial score (nSPS) is 13.2. The van der Waals surface area contributed by atoms with E-state index >= 15 is 0 Å². The number of nitrogens with one attached hydrogen (secondary N) is 2. The Morgan fingerprint density at radius 1 is 0.917 bits per heavy atom. The highest BCUT2D eigenvalue weighted by molar-refractivity contribution is 6.05. The van der Waals surface area contributed by atoms with Crippen LogP contribution in [0.15, 0.2) is 72.3 Å². The van der Waals surface area contributed by atoms with Crippen molar-refractivity contribution in [2.45, 2.75) is 6.92 Å². The summed E-state index contributed by atoms with van der Waals surface area (Å²) in [4.78, 5) is 0. The molecule has 0 spiro atoms. The summed E-state index contributed by atoms with van der Waals surface area (Å²) >= 11 is 0. The Morgan fingerprint density at radius 2 is 1.54 bits per heavy atom. The fourth-order valence-electron chi connectivity index (χ4n) is 2.89. The molecule has 120 valence electrons. The van der Waals surface area contributed by atoms with Crippen LogP contribution in [0.1, 0.15) is 16.7 Å². The van der Waals surface area contributed by atoms with E-state index in [0.717, 1.165) is 33.6 Å². The maximum Gasteiger partial charge on any atom is 0.0540 e. The second-order valence-electron chi connectivity index (χ2n) is 5.85. The van der Waals surface area contributed by atoms with E-state index in [1.165, 1.54) is 5.56 Å². The van der Waals surface area contributed by atoms with E-state index in [-0.39, 0.29) is 0 Å². The number of rotatable bonds is 3. The number of aryl methyl sites for hydroxylation is 1. The van der Waals surface area contributed by atoms with E-state index in [1.54, 1.807) is 0 Å². The zero-order valence-electron chi connectivity index (χ0n) is 13.9. The van der Waals surface area contributed by atoms with Crippen LogP contribution >= 0.6 is 0 Å².